The first-order valence-electron chi connectivity index (χ1n) is 10.0. The van der Waals surface area contributed by atoms with Gasteiger partial charge in [-0.3, -0.25) is 4.79 Å². The number of carbonyl (C=O) groups excluding carboxylic acids is 1. The van der Waals surface area contributed by atoms with Gasteiger partial charge in [0.2, 0.25) is 5.88 Å². The second-order valence-corrected chi connectivity index (χ2v) is 7.10. The van der Waals surface area contributed by atoms with Gasteiger partial charge in [0.25, 0.3) is 5.91 Å². The Morgan fingerprint density at radius 1 is 0.742 bits per heavy atom. The van der Waals surface area contributed by atoms with Crippen LogP contribution in [0.15, 0.2) is 97.1 Å². The smallest absolute Gasteiger partial charge is 0.262 e. The van der Waals surface area contributed by atoms with Crippen LogP contribution < -0.4 is 10.1 Å². The number of benzene rings is 4. The molecule has 0 aliphatic carbocycles. The molecule has 1 N–H and O–H groups in total. The van der Waals surface area contributed by atoms with E-state index >= 15 is 0 Å². The lowest BCUT2D eigenvalue weighted by molar-refractivity contribution is -0.118. The number of rotatable bonds is 5. The number of ether oxygens (including phenoxy) is 1. The second-order valence-electron chi connectivity index (χ2n) is 7.10. The summed E-state index contributed by atoms with van der Waals surface area (Å²) in [6, 6.07) is 31.1. The third kappa shape index (κ3) is 3.94. The van der Waals surface area contributed by atoms with Crippen molar-refractivity contribution in [3.63, 3.8) is 0 Å². The predicted molar refractivity (Wildman–Crippen MR) is 123 cm³/mol. The summed E-state index contributed by atoms with van der Waals surface area (Å²) in [5.74, 6) is 0.700. The van der Waals surface area contributed by atoms with Crippen molar-refractivity contribution in [1.82, 2.24) is 9.97 Å². The minimum Gasteiger partial charge on any atom is -0.467 e. The van der Waals surface area contributed by atoms with Crippen LogP contribution in [0, 0.1) is 0 Å². The first kappa shape index (κ1) is 18.8. The molecule has 4 aromatic carbocycles. The van der Waals surface area contributed by atoms with Crippen molar-refractivity contribution in [1.29, 1.82) is 0 Å². The average molecular weight is 405 g/mol. The molecule has 0 saturated heterocycles. The maximum absolute atomic E-state index is 12.4. The van der Waals surface area contributed by atoms with Crippen LogP contribution in [0.2, 0.25) is 0 Å². The van der Waals surface area contributed by atoms with Gasteiger partial charge in [0.1, 0.15) is 0 Å². The molecule has 1 aromatic heterocycles. The summed E-state index contributed by atoms with van der Waals surface area (Å²) in [6.45, 7) is -0.148. The highest BCUT2D eigenvalue weighted by molar-refractivity contribution is 5.96. The number of hydrogen-bond donors (Lipinski definition) is 1. The zero-order chi connectivity index (χ0) is 21.0. The van der Waals surface area contributed by atoms with Gasteiger partial charge in [-0.1, -0.05) is 72.8 Å². The third-order valence-electron chi connectivity index (χ3n) is 5.00. The lowest BCUT2D eigenvalue weighted by atomic mass is 10.0. The predicted octanol–water partition coefficient (Wildman–Crippen LogP) is 5.47. The van der Waals surface area contributed by atoms with Crippen molar-refractivity contribution >= 4 is 33.3 Å². The Bertz CT molecular complexity index is 1380. The van der Waals surface area contributed by atoms with Gasteiger partial charge >= 0.3 is 0 Å². The summed E-state index contributed by atoms with van der Waals surface area (Å²) in [4.78, 5) is 21.8. The maximum atomic E-state index is 12.4. The number of aromatic nitrogens is 2. The highest BCUT2D eigenvalue weighted by Crippen LogP contribution is 2.30. The summed E-state index contributed by atoms with van der Waals surface area (Å²) in [5, 5.41) is 5.76. The standard InChI is InChI=1S/C26H19N3O2/c30-24(27-19-11-2-1-3-12-19)17-31-26-22-14-6-7-16-23(22)28-25(29-26)21-15-8-10-18-9-4-5-13-20(18)21/h1-16H,17H2,(H,27,30). The number of carbonyl (C=O) groups is 1. The second kappa shape index (κ2) is 8.24. The molecule has 5 aromatic rings. The lowest BCUT2D eigenvalue weighted by Gasteiger charge is -2.12. The van der Waals surface area contributed by atoms with E-state index < -0.39 is 0 Å². The van der Waals surface area contributed by atoms with E-state index in [1.165, 1.54) is 0 Å². The molecule has 0 aliphatic rings. The van der Waals surface area contributed by atoms with E-state index in [1.807, 2.05) is 78.9 Å². The van der Waals surface area contributed by atoms with Crippen LogP contribution in [0.4, 0.5) is 5.69 Å². The molecule has 0 bridgehead atoms. The van der Waals surface area contributed by atoms with E-state index in [0.29, 0.717) is 11.7 Å². The van der Waals surface area contributed by atoms with Gasteiger partial charge < -0.3 is 10.1 Å². The summed E-state index contributed by atoms with van der Waals surface area (Å²) in [7, 11) is 0. The largest absolute Gasteiger partial charge is 0.467 e. The third-order valence-corrected chi connectivity index (χ3v) is 5.00. The van der Waals surface area contributed by atoms with Crippen LogP contribution in [0.3, 0.4) is 0 Å². The monoisotopic (exact) mass is 405 g/mol. The van der Waals surface area contributed by atoms with E-state index in [9.17, 15) is 4.79 Å². The molecule has 31 heavy (non-hydrogen) atoms. The molecule has 0 saturated carbocycles. The number of hydrogen-bond acceptors (Lipinski definition) is 4. The zero-order valence-electron chi connectivity index (χ0n) is 16.7. The van der Waals surface area contributed by atoms with Gasteiger partial charge in [-0.25, -0.2) is 4.98 Å². The number of anilines is 1. The van der Waals surface area contributed by atoms with E-state index in [1.54, 1.807) is 0 Å². The molecule has 0 atom stereocenters. The molecule has 0 aliphatic heterocycles. The van der Waals surface area contributed by atoms with Gasteiger partial charge in [-0.2, -0.15) is 4.98 Å². The fourth-order valence-corrected chi connectivity index (χ4v) is 3.55. The average Bonchev–Trinajstić information content (AvgIpc) is 2.82. The molecule has 1 heterocycles. The van der Waals surface area contributed by atoms with Gasteiger partial charge in [0, 0.05) is 11.3 Å². The highest BCUT2D eigenvalue weighted by atomic mass is 16.5. The van der Waals surface area contributed by atoms with E-state index in [-0.39, 0.29) is 12.5 Å². The van der Waals surface area contributed by atoms with Crippen molar-refractivity contribution in [2.24, 2.45) is 0 Å². The molecule has 0 unspecified atom stereocenters. The van der Waals surface area contributed by atoms with E-state index in [0.717, 1.165) is 32.9 Å². The zero-order valence-corrected chi connectivity index (χ0v) is 16.7. The van der Waals surface area contributed by atoms with E-state index in [2.05, 4.69) is 28.5 Å². The minimum absolute atomic E-state index is 0.148. The van der Waals surface area contributed by atoms with Crippen LogP contribution in [-0.2, 0) is 4.79 Å². The Kier molecular flexibility index (Phi) is 4.99. The Morgan fingerprint density at radius 3 is 2.32 bits per heavy atom. The molecule has 0 fully saturated rings. The molecule has 0 radical (unpaired) electrons. The maximum Gasteiger partial charge on any atom is 0.262 e. The van der Waals surface area contributed by atoms with Crippen LogP contribution >= 0.6 is 0 Å². The number of amides is 1. The molecular weight excluding hydrogens is 386 g/mol. The fourth-order valence-electron chi connectivity index (χ4n) is 3.55. The van der Waals surface area contributed by atoms with Crippen molar-refractivity contribution < 1.29 is 9.53 Å². The first-order valence-corrected chi connectivity index (χ1v) is 10.0. The fraction of sp³-hybridized carbons (Fsp3) is 0.0385. The van der Waals surface area contributed by atoms with Crippen LogP contribution in [0.5, 0.6) is 5.88 Å². The van der Waals surface area contributed by atoms with Gasteiger partial charge in [-0.05, 0) is 35.0 Å². The number of para-hydroxylation sites is 2. The minimum atomic E-state index is -0.249. The summed E-state index contributed by atoms with van der Waals surface area (Å²) >= 11 is 0. The summed E-state index contributed by atoms with van der Waals surface area (Å²) in [6.07, 6.45) is 0. The topological polar surface area (TPSA) is 64.1 Å². The molecule has 5 nitrogen and oxygen atoms in total. The van der Waals surface area contributed by atoms with Crippen molar-refractivity contribution in [3.05, 3.63) is 97.1 Å². The first-order chi connectivity index (χ1) is 15.3. The van der Waals surface area contributed by atoms with Gasteiger partial charge in [-0.15, -0.1) is 0 Å². The molecule has 5 heteroatoms. The molecule has 0 spiro atoms. The quantitative estimate of drug-likeness (QED) is 0.421. The Hall–Kier alpha value is -4.25. The molecular formula is C26H19N3O2. The molecule has 5 rings (SSSR count). The summed E-state index contributed by atoms with van der Waals surface area (Å²) < 4.78 is 5.86. The number of fused-ring (bicyclic) bond motifs is 2. The Labute approximate surface area is 179 Å². The van der Waals surface area contributed by atoms with Gasteiger partial charge in [0.15, 0.2) is 12.4 Å². The van der Waals surface area contributed by atoms with Crippen LogP contribution in [0.1, 0.15) is 0 Å². The van der Waals surface area contributed by atoms with E-state index in [4.69, 9.17) is 9.72 Å². The van der Waals surface area contributed by atoms with Crippen molar-refractivity contribution in [2.75, 3.05) is 11.9 Å². The number of nitrogens with zero attached hydrogens (tertiary/aromatic N) is 2. The Morgan fingerprint density at radius 2 is 1.45 bits per heavy atom. The summed E-state index contributed by atoms with van der Waals surface area (Å²) in [5.41, 5.74) is 2.40. The van der Waals surface area contributed by atoms with Gasteiger partial charge in [0.05, 0.1) is 10.9 Å². The Balaban J connectivity index is 1.50. The SMILES string of the molecule is O=C(COc1nc(-c2cccc3ccccc23)nc2ccccc12)Nc1ccccc1. The van der Waals surface area contributed by atoms with Crippen LogP contribution in [0.25, 0.3) is 33.1 Å². The normalized spacial score (nSPS) is 10.8. The molecule has 150 valence electrons. The number of nitrogens with one attached hydrogen (secondary N) is 1. The molecule has 1 amide bonds. The van der Waals surface area contributed by atoms with Crippen molar-refractivity contribution in [2.45, 2.75) is 0 Å². The lowest BCUT2D eigenvalue weighted by Crippen LogP contribution is -2.20. The highest BCUT2D eigenvalue weighted by Gasteiger charge is 2.14. The van der Waals surface area contributed by atoms with Crippen molar-refractivity contribution in [3.8, 4) is 17.3 Å². The van der Waals surface area contributed by atoms with Crippen LogP contribution in [-0.4, -0.2) is 22.5 Å².